The molecule has 0 spiro atoms. The predicted octanol–water partition coefficient (Wildman–Crippen LogP) is 4.11. The van der Waals surface area contributed by atoms with Gasteiger partial charge in [-0.05, 0) is 61.2 Å². The Labute approximate surface area is 196 Å². The fourth-order valence-electron chi connectivity index (χ4n) is 4.51. The van der Waals surface area contributed by atoms with Gasteiger partial charge in [0.2, 0.25) is 5.91 Å². The molecule has 172 valence electrons. The van der Waals surface area contributed by atoms with Crippen molar-refractivity contribution in [2.45, 2.75) is 18.8 Å². The number of primary amides is 1. The van der Waals surface area contributed by atoms with Crippen molar-refractivity contribution in [2.24, 2.45) is 5.73 Å². The molecule has 1 aliphatic rings. The number of hydrogen-bond donors (Lipinski definition) is 2. The van der Waals surface area contributed by atoms with Crippen LogP contribution < -0.4 is 10.5 Å². The average molecular weight is 456 g/mol. The number of likely N-dealkylation sites (tertiary alicyclic amines) is 1. The Morgan fingerprint density at radius 2 is 1.74 bits per heavy atom. The maximum absolute atomic E-state index is 12.4. The van der Waals surface area contributed by atoms with Crippen LogP contribution in [0.15, 0.2) is 73.4 Å². The molecule has 34 heavy (non-hydrogen) atoms. The number of rotatable bonds is 6. The second-order valence-electron chi connectivity index (χ2n) is 8.30. The fraction of sp³-hybridized carbons (Fsp3) is 0.192. The number of amides is 2. The number of para-hydroxylation sites is 1. The third kappa shape index (κ3) is 3.94. The molecular weight excluding hydrogens is 430 g/mol. The SMILES string of the molecule is C=CC(=O)N1CCC(c2c[nH]n3c(C(N)=O)c(-c4ccc(Oc5ccccc5)cc4)nc23)CC1. The van der Waals surface area contributed by atoms with Gasteiger partial charge in [0.25, 0.3) is 5.91 Å². The van der Waals surface area contributed by atoms with E-state index in [9.17, 15) is 9.59 Å². The van der Waals surface area contributed by atoms with Crippen molar-refractivity contribution in [3.05, 3.63) is 84.7 Å². The zero-order chi connectivity index (χ0) is 23.7. The monoisotopic (exact) mass is 455 g/mol. The van der Waals surface area contributed by atoms with E-state index in [1.807, 2.05) is 60.8 Å². The molecule has 2 amide bonds. The van der Waals surface area contributed by atoms with E-state index in [2.05, 4.69) is 11.7 Å². The van der Waals surface area contributed by atoms with E-state index in [-0.39, 0.29) is 11.8 Å². The lowest BCUT2D eigenvalue weighted by Crippen LogP contribution is -2.36. The Morgan fingerprint density at radius 1 is 1.06 bits per heavy atom. The molecule has 1 fully saturated rings. The average Bonchev–Trinajstić information content (AvgIpc) is 3.44. The lowest BCUT2D eigenvalue weighted by atomic mass is 9.91. The summed E-state index contributed by atoms with van der Waals surface area (Å²) in [5.74, 6) is 1.04. The summed E-state index contributed by atoms with van der Waals surface area (Å²) >= 11 is 0. The van der Waals surface area contributed by atoms with Gasteiger partial charge in [0.1, 0.15) is 17.2 Å². The number of piperidine rings is 1. The molecule has 8 heteroatoms. The number of nitrogens with one attached hydrogen (secondary N) is 1. The van der Waals surface area contributed by atoms with Gasteiger partial charge in [-0.25, -0.2) is 9.50 Å². The highest BCUT2D eigenvalue weighted by Crippen LogP contribution is 2.34. The highest BCUT2D eigenvalue weighted by molar-refractivity contribution is 5.98. The molecule has 3 N–H and O–H groups in total. The number of imidazole rings is 1. The molecule has 3 heterocycles. The molecule has 5 rings (SSSR count). The molecule has 0 radical (unpaired) electrons. The summed E-state index contributed by atoms with van der Waals surface area (Å²) in [6.45, 7) is 4.89. The largest absolute Gasteiger partial charge is 0.457 e. The number of hydrogen-bond acceptors (Lipinski definition) is 4. The predicted molar refractivity (Wildman–Crippen MR) is 129 cm³/mol. The Morgan fingerprint density at radius 3 is 2.38 bits per heavy atom. The van der Waals surface area contributed by atoms with Crippen molar-refractivity contribution >= 4 is 17.5 Å². The van der Waals surface area contributed by atoms with Crippen molar-refractivity contribution in [1.29, 1.82) is 0 Å². The normalized spacial score (nSPS) is 14.3. The minimum absolute atomic E-state index is 0.0449. The zero-order valence-electron chi connectivity index (χ0n) is 18.6. The van der Waals surface area contributed by atoms with Gasteiger partial charge in [0.05, 0.1) is 0 Å². The van der Waals surface area contributed by atoms with Crippen molar-refractivity contribution < 1.29 is 14.3 Å². The van der Waals surface area contributed by atoms with Gasteiger partial charge in [0.15, 0.2) is 11.3 Å². The molecule has 0 bridgehead atoms. The van der Waals surface area contributed by atoms with Gasteiger partial charge in [-0.2, -0.15) is 0 Å². The lowest BCUT2D eigenvalue weighted by molar-refractivity contribution is -0.127. The number of nitrogens with zero attached hydrogens (tertiary/aromatic N) is 3. The Hall–Kier alpha value is -4.33. The van der Waals surface area contributed by atoms with Gasteiger partial charge >= 0.3 is 0 Å². The molecule has 0 atom stereocenters. The highest BCUT2D eigenvalue weighted by Gasteiger charge is 2.28. The third-order valence-corrected chi connectivity index (χ3v) is 6.25. The van der Waals surface area contributed by atoms with Gasteiger partial charge in [0, 0.05) is 30.4 Å². The van der Waals surface area contributed by atoms with Gasteiger partial charge in [-0.1, -0.05) is 24.8 Å². The molecule has 0 saturated carbocycles. The van der Waals surface area contributed by atoms with Crippen molar-refractivity contribution in [3.8, 4) is 22.8 Å². The second-order valence-corrected chi connectivity index (χ2v) is 8.30. The zero-order valence-corrected chi connectivity index (χ0v) is 18.6. The van der Waals surface area contributed by atoms with Crippen LogP contribution in [0.5, 0.6) is 11.5 Å². The highest BCUT2D eigenvalue weighted by atomic mass is 16.5. The molecule has 1 aliphatic heterocycles. The van der Waals surface area contributed by atoms with E-state index < -0.39 is 5.91 Å². The maximum atomic E-state index is 12.4. The van der Waals surface area contributed by atoms with Crippen LogP contribution in [-0.2, 0) is 4.79 Å². The van der Waals surface area contributed by atoms with Crippen molar-refractivity contribution in [3.63, 3.8) is 0 Å². The Kier molecular flexibility index (Phi) is 5.63. The topological polar surface area (TPSA) is 106 Å². The molecule has 8 nitrogen and oxygen atoms in total. The van der Waals surface area contributed by atoms with E-state index in [0.29, 0.717) is 35.9 Å². The van der Waals surface area contributed by atoms with Crippen LogP contribution in [0.3, 0.4) is 0 Å². The van der Waals surface area contributed by atoms with Crippen LogP contribution in [0.1, 0.15) is 34.8 Å². The maximum Gasteiger partial charge on any atom is 0.269 e. The van der Waals surface area contributed by atoms with Crippen molar-refractivity contribution in [2.75, 3.05) is 13.1 Å². The summed E-state index contributed by atoms with van der Waals surface area (Å²) in [5.41, 5.74) is 9.04. The standard InChI is InChI=1S/C26H25N5O3/c1-2-22(32)30-14-12-17(13-15-30)21-16-28-31-24(25(27)33)23(29-26(21)31)18-8-10-20(11-9-18)34-19-6-4-3-5-7-19/h2-11,16-17,28H,1,12-15H2,(H2,27,33). The van der Waals surface area contributed by atoms with E-state index in [4.69, 9.17) is 15.5 Å². The fourth-order valence-corrected chi connectivity index (χ4v) is 4.51. The summed E-state index contributed by atoms with van der Waals surface area (Å²) in [7, 11) is 0. The smallest absolute Gasteiger partial charge is 0.269 e. The summed E-state index contributed by atoms with van der Waals surface area (Å²) < 4.78 is 7.52. The molecular formula is C26H25N5O3. The van der Waals surface area contributed by atoms with Crippen LogP contribution in [0.25, 0.3) is 16.9 Å². The van der Waals surface area contributed by atoms with Crippen LogP contribution in [0.4, 0.5) is 0 Å². The Bertz CT molecular complexity index is 1350. The number of aromatic nitrogens is 3. The summed E-state index contributed by atoms with van der Waals surface area (Å²) in [5, 5.41) is 3.15. The number of carbonyl (C=O) groups excluding carboxylic acids is 2. The first-order valence-electron chi connectivity index (χ1n) is 11.2. The minimum atomic E-state index is -0.563. The van der Waals surface area contributed by atoms with Crippen LogP contribution in [0.2, 0.25) is 0 Å². The first-order chi connectivity index (χ1) is 16.5. The van der Waals surface area contributed by atoms with E-state index in [0.717, 1.165) is 29.7 Å². The van der Waals surface area contributed by atoms with Crippen LogP contribution in [-0.4, -0.2) is 44.4 Å². The van der Waals surface area contributed by atoms with Crippen LogP contribution >= 0.6 is 0 Å². The molecule has 2 aromatic heterocycles. The number of carbonyl (C=O) groups is 2. The molecule has 1 saturated heterocycles. The molecule has 0 aliphatic carbocycles. The lowest BCUT2D eigenvalue weighted by Gasteiger charge is -2.30. The van der Waals surface area contributed by atoms with E-state index in [1.54, 1.807) is 9.42 Å². The molecule has 0 unspecified atom stereocenters. The van der Waals surface area contributed by atoms with Crippen molar-refractivity contribution in [1.82, 2.24) is 19.5 Å². The van der Waals surface area contributed by atoms with Gasteiger partial charge in [-0.15, -0.1) is 0 Å². The van der Waals surface area contributed by atoms with E-state index >= 15 is 0 Å². The number of aromatic amines is 1. The molecule has 2 aromatic carbocycles. The van der Waals surface area contributed by atoms with Gasteiger partial charge in [-0.3, -0.25) is 14.7 Å². The van der Waals surface area contributed by atoms with E-state index in [1.165, 1.54) is 6.08 Å². The van der Waals surface area contributed by atoms with Gasteiger partial charge < -0.3 is 15.4 Å². The minimum Gasteiger partial charge on any atom is -0.457 e. The first-order valence-corrected chi connectivity index (χ1v) is 11.2. The number of H-pyrrole nitrogens is 1. The number of nitrogens with two attached hydrogens (primary N) is 1. The second kappa shape index (κ2) is 8.90. The van der Waals surface area contributed by atoms with Crippen LogP contribution in [0, 0.1) is 0 Å². The first kappa shape index (κ1) is 21.5. The quantitative estimate of drug-likeness (QED) is 0.427. The molecule has 4 aromatic rings. The third-order valence-electron chi connectivity index (χ3n) is 6.25. The summed E-state index contributed by atoms with van der Waals surface area (Å²) in [4.78, 5) is 30.9. The number of benzene rings is 2. The number of ether oxygens (including phenoxy) is 1. The Balaban J connectivity index is 1.44. The summed E-state index contributed by atoms with van der Waals surface area (Å²) in [6, 6.07) is 16.9. The summed E-state index contributed by atoms with van der Waals surface area (Å²) in [6.07, 6.45) is 4.86. The number of fused-ring (bicyclic) bond motifs is 1.